The van der Waals surface area contributed by atoms with E-state index in [0.29, 0.717) is 28.3 Å². The zero-order valence-corrected chi connectivity index (χ0v) is 18.5. The Bertz CT molecular complexity index is 995. The Balaban J connectivity index is 2.20. The molecule has 0 fully saturated rings. The summed E-state index contributed by atoms with van der Waals surface area (Å²) in [4.78, 5) is 40.2. The van der Waals surface area contributed by atoms with Crippen molar-refractivity contribution >= 4 is 35.1 Å². The molecule has 6 heteroatoms. The quantitative estimate of drug-likeness (QED) is 0.616. The average Bonchev–Trinajstić information content (AvgIpc) is 2.93. The monoisotopic (exact) mass is 427 g/mol. The molecule has 1 heterocycles. The van der Waals surface area contributed by atoms with E-state index < -0.39 is 23.0 Å². The molecule has 30 heavy (non-hydrogen) atoms. The third-order valence-corrected chi connectivity index (χ3v) is 5.47. The van der Waals surface area contributed by atoms with Gasteiger partial charge in [0.2, 0.25) is 0 Å². The third-order valence-electron chi connectivity index (χ3n) is 5.24. The molecule has 1 aliphatic rings. The summed E-state index contributed by atoms with van der Waals surface area (Å²) in [6.45, 7) is 7.05. The van der Waals surface area contributed by atoms with Gasteiger partial charge in [-0.2, -0.15) is 0 Å². The number of rotatable bonds is 5. The summed E-state index contributed by atoms with van der Waals surface area (Å²) < 4.78 is 5.52. The second-order valence-electron chi connectivity index (χ2n) is 8.45. The van der Waals surface area contributed by atoms with Gasteiger partial charge in [-0.15, -0.1) is 0 Å². The lowest BCUT2D eigenvalue weighted by Crippen LogP contribution is -2.46. The first-order chi connectivity index (χ1) is 14.1. The van der Waals surface area contributed by atoms with Crippen molar-refractivity contribution in [1.82, 2.24) is 0 Å². The highest BCUT2D eigenvalue weighted by Gasteiger charge is 2.54. The van der Waals surface area contributed by atoms with E-state index in [1.807, 2.05) is 18.2 Å². The van der Waals surface area contributed by atoms with Gasteiger partial charge in [0.05, 0.1) is 5.69 Å². The molecule has 0 aromatic heterocycles. The van der Waals surface area contributed by atoms with Gasteiger partial charge in [0.15, 0.2) is 0 Å². The second kappa shape index (κ2) is 8.23. The molecule has 1 atom stereocenters. The molecule has 0 bridgehead atoms. The molecule has 2 amide bonds. The van der Waals surface area contributed by atoms with E-state index >= 15 is 0 Å². The highest BCUT2D eigenvalue weighted by molar-refractivity contribution is 6.31. The van der Waals surface area contributed by atoms with E-state index in [1.54, 1.807) is 58.0 Å². The number of ether oxygens (including phenoxy) is 1. The van der Waals surface area contributed by atoms with Crippen LogP contribution in [0.4, 0.5) is 10.5 Å². The van der Waals surface area contributed by atoms with Crippen LogP contribution in [0.1, 0.15) is 58.1 Å². The van der Waals surface area contributed by atoms with Gasteiger partial charge in [-0.05, 0) is 56.5 Å². The molecule has 3 rings (SSSR count). The van der Waals surface area contributed by atoms with Gasteiger partial charge in [-0.1, -0.05) is 48.9 Å². The highest BCUT2D eigenvalue weighted by atomic mass is 35.5. The fourth-order valence-corrected chi connectivity index (χ4v) is 4.05. The highest BCUT2D eigenvalue weighted by Crippen LogP contribution is 2.49. The minimum absolute atomic E-state index is 0.0532. The van der Waals surface area contributed by atoms with Gasteiger partial charge >= 0.3 is 6.09 Å². The molecule has 2 aromatic rings. The van der Waals surface area contributed by atoms with Gasteiger partial charge in [-0.25, -0.2) is 9.69 Å². The van der Waals surface area contributed by atoms with Crippen molar-refractivity contribution in [3.63, 3.8) is 0 Å². The number of fused-ring (bicyclic) bond motifs is 1. The number of amides is 2. The Kier molecular flexibility index (Phi) is 6.04. The number of benzene rings is 2. The lowest BCUT2D eigenvalue weighted by Gasteiger charge is -2.30. The van der Waals surface area contributed by atoms with Crippen molar-refractivity contribution in [2.24, 2.45) is 0 Å². The first-order valence-corrected chi connectivity index (χ1v) is 10.4. The number of anilines is 1. The number of para-hydroxylation sites is 1. The van der Waals surface area contributed by atoms with Crippen molar-refractivity contribution in [2.75, 3.05) is 4.90 Å². The summed E-state index contributed by atoms with van der Waals surface area (Å²) in [7, 11) is 0. The number of carbonyl (C=O) groups is 3. The standard InChI is InChI=1S/C24H26ClNO4/c1-5-18(27)13-14-24(16-9-8-10-17(25)15-16)19-11-6-7-12-20(19)26(21(24)28)22(29)30-23(2,3)4/h6-12,15H,5,13-14H2,1-4H3/t24-/m0/s1. The van der Waals surface area contributed by atoms with E-state index in [4.69, 9.17) is 16.3 Å². The number of nitrogens with zero attached hydrogens (tertiary/aromatic N) is 1. The normalized spacial score (nSPS) is 18.3. The van der Waals surface area contributed by atoms with Crippen LogP contribution in [0.5, 0.6) is 0 Å². The van der Waals surface area contributed by atoms with E-state index in [9.17, 15) is 14.4 Å². The lowest BCUT2D eigenvalue weighted by atomic mass is 9.71. The molecule has 0 unspecified atom stereocenters. The number of imide groups is 1. The maximum atomic E-state index is 13.9. The minimum Gasteiger partial charge on any atom is -0.443 e. The molecule has 0 saturated carbocycles. The Morgan fingerprint density at radius 1 is 1.10 bits per heavy atom. The molecule has 5 nitrogen and oxygen atoms in total. The molecule has 1 aliphatic heterocycles. The van der Waals surface area contributed by atoms with Crippen molar-refractivity contribution in [2.45, 2.75) is 58.0 Å². The number of hydrogen-bond acceptors (Lipinski definition) is 4. The van der Waals surface area contributed by atoms with E-state index in [1.165, 1.54) is 0 Å². The van der Waals surface area contributed by atoms with E-state index in [0.717, 1.165) is 4.90 Å². The topological polar surface area (TPSA) is 63.7 Å². The van der Waals surface area contributed by atoms with Crippen LogP contribution in [0.2, 0.25) is 5.02 Å². The Morgan fingerprint density at radius 2 is 1.80 bits per heavy atom. The fraction of sp³-hybridized carbons (Fsp3) is 0.375. The molecule has 0 N–H and O–H groups in total. The van der Waals surface area contributed by atoms with E-state index in [-0.39, 0.29) is 18.6 Å². The molecule has 0 spiro atoms. The largest absolute Gasteiger partial charge is 0.443 e. The van der Waals surface area contributed by atoms with Crippen LogP contribution in [0, 0.1) is 0 Å². The molecular weight excluding hydrogens is 402 g/mol. The lowest BCUT2D eigenvalue weighted by molar-refractivity contribution is -0.122. The zero-order valence-electron chi connectivity index (χ0n) is 17.7. The SMILES string of the molecule is CCC(=O)CC[C@@]1(c2cccc(Cl)c2)C(=O)N(C(=O)OC(C)(C)C)c2ccccc21. The summed E-state index contributed by atoms with van der Waals surface area (Å²) in [5, 5.41) is 0.481. The van der Waals surface area contributed by atoms with Crippen LogP contribution in [0.25, 0.3) is 0 Å². The average molecular weight is 428 g/mol. The maximum absolute atomic E-state index is 13.9. The van der Waals surface area contributed by atoms with Crippen molar-refractivity contribution in [3.8, 4) is 0 Å². The minimum atomic E-state index is -1.19. The van der Waals surface area contributed by atoms with Crippen molar-refractivity contribution in [3.05, 3.63) is 64.7 Å². The van der Waals surface area contributed by atoms with Crippen LogP contribution >= 0.6 is 11.6 Å². The third kappa shape index (κ3) is 3.99. The molecule has 0 radical (unpaired) electrons. The van der Waals surface area contributed by atoms with Gasteiger partial charge < -0.3 is 4.74 Å². The predicted molar refractivity (Wildman–Crippen MR) is 117 cm³/mol. The number of halogens is 1. The Hall–Kier alpha value is -2.66. The first-order valence-electron chi connectivity index (χ1n) is 10.0. The smallest absolute Gasteiger partial charge is 0.421 e. The summed E-state index contributed by atoms with van der Waals surface area (Å²) in [6.07, 6.45) is 0.114. The molecule has 0 saturated heterocycles. The molecular formula is C24H26ClNO4. The summed E-state index contributed by atoms with van der Waals surface area (Å²) in [6, 6.07) is 14.2. The summed E-state index contributed by atoms with van der Waals surface area (Å²) in [5.74, 6) is -0.374. The molecule has 2 aromatic carbocycles. The fourth-order valence-electron chi connectivity index (χ4n) is 3.86. The zero-order chi connectivity index (χ0) is 22.1. The van der Waals surface area contributed by atoms with Crippen LogP contribution in [0.3, 0.4) is 0 Å². The predicted octanol–water partition coefficient (Wildman–Crippen LogP) is 5.67. The van der Waals surface area contributed by atoms with E-state index in [2.05, 4.69) is 0 Å². The molecule has 158 valence electrons. The summed E-state index contributed by atoms with van der Waals surface area (Å²) in [5.41, 5.74) is -0.148. The van der Waals surface area contributed by atoms with Crippen molar-refractivity contribution in [1.29, 1.82) is 0 Å². The van der Waals surface area contributed by atoms with Crippen LogP contribution in [-0.4, -0.2) is 23.4 Å². The van der Waals surface area contributed by atoms with Gasteiger partial charge in [0.1, 0.15) is 16.8 Å². The Labute approximate surface area is 182 Å². The summed E-state index contributed by atoms with van der Waals surface area (Å²) >= 11 is 6.25. The van der Waals surface area contributed by atoms with Crippen LogP contribution in [-0.2, 0) is 19.7 Å². The number of hydrogen-bond donors (Lipinski definition) is 0. The number of ketones is 1. The van der Waals surface area contributed by atoms with Gasteiger partial charge in [-0.3, -0.25) is 9.59 Å². The van der Waals surface area contributed by atoms with Gasteiger partial charge in [0, 0.05) is 17.9 Å². The molecule has 0 aliphatic carbocycles. The second-order valence-corrected chi connectivity index (χ2v) is 8.88. The number of Topliss-reactive ketones (excluding diaryl/α,β-unsaturated/α-hetero) is 1. The maximum Gasteiger partial charge on any atom is 0.421 e. The number of carbonyl (C=O) groups excluding carboxylic acids is 3. The van der Waals surface area contributed by atoms with Crippen molar-refractivity contribution < 1.29 is 19.1 Å². The van der Waals surface area contributed by atoms with Crippen LogP contribution < -0.4 is 4.90 Å². The van der Waals surface area contributed by atoms with Crippen LogP contribution in [0.15, 0.2) is 48.5 Å². The first kappa shape index (κ1) is 22.0. The van der Waals surface area contributed by atoms with Gasteiger partial charge in [0.25, 0.3) is 5.91 Å². The Morgan fingerprint density at radius 3 is 2.43 bits per heavy atom.